The molecule has 0 radical (unpaired) electrons. The minimum atomic E-state index is -4.36. The van der Waals surface area contributed by atoms with E-state index in [1.165, 1.54) is 13.0 Å². The molecule has 2 aromatic rings. The number of hydrogen-bond acceptors (Lipinski definition) is 4. The van der Waals surface area contributed by atoms with Crippen LogP contribution in [0, 0.1) is 0 Å². The molecule has 9 heteroatoms. The summed E-state index contributed by atoms with van der Waals surface area (Å²) >= 11 is 0. The maximum absolute atomic E-state index is 12.9. The highest BCUT2D eigenvalue weighted by atomic mass is 35.5. The zero-order chi connectivity index (χ0) is 21.0. The largest absolute Gasteiger partial charge is 0.416 e. The highest BCUT2D eigenvalue weighted by molar-refractivity contribution is 5.96. The van der Waals surface area contributed by atoms with Gasteiger partial charge in [0.1, 0.15) is 0 Å². The Balaban J connectivity index is 0.00000320. The molecule has 0 bridgehead atoms. The van der Waals surface area contributed by atoms with Crippen LogP contribution in [0.25, 0.3) is 0 Å². The zero-order valence-corrected chi connectivity index (χ0v) is 17.2. The number of benzene rings is 2. The van der Waals surface area contributed by atoms with Crippen molar-refractivity contribution in [2.24, 2.45) is 0 Å². The molecule has 5 nitrogen and oxygen atoms in total. The summed E-state index contributed by atoms with van der Waals surface area (Å²) in [6.07, 6.45) is -4.36. The molecule has 3 rings (SSSR count). The average Bonchev–Trinajstić information content (AvgIpc) is 2.68. The zero-order valence-electron chi connectivity index (χ0n) is 16.4. The third-order valence-corrected chi connectivity index (χ3v) is 4.85. The normalized spacial score (nSPS) is 14.7. The van der Waals surface area contributed by atoms with Crippen molar-refractivity contribution in [2.45, 2.75) is 13.1 Å². The molecule has 0 aromatic heterocycles. The molecule has 1 aliphatic heterocycles. The number of nitrogens with one attached hydrogen (secondary N) is 1. The van der Waals surface area contributed by atoms with Crippen LogP contribution in [0.1, 0.15) is 22.8 Å². The van der Waals surface area contributed by atoms with Crippen LogP contribution in [-0.4, -0.2) is 49.3 Å². The van der Waals surface area contributed by atoms with Gasteiger partial charge in [0.25, 0.3) is 0 Å². The predicted molar refractivity (Wildman–Crippen MR) is 112 cm³/mol. The van der Waals surface area contributed by atoms with E-state index in [1.807, 2.05) is 9.80 Å². The van der Waals surface area contributed by atoms with E-state index >= 15 is 0 Å². The van der Waals surface area contributed by atoms with Crippen LogP contribution < -0.4 is 10.2 Å². The lowest BCUT2D eigenvalue weighted by molar-refractivity contribution is -0.137. The van der Waals surface area contributed by atoms with Crippen LogP contribution in [0.4, 0.5) is 24.5 Å². The van der Waals surface area contributed by atoms with Gasteiger partial charge in [0.05, 0.1) is 12.1 Å². The van der Waals surface area contributed by atoms with Gasteiger partial charge in [-0.25, -0.2) is 0 Å². The SMILES string of the molecule is CC(=O)c1ccc(NC(=O)CN2CCN(c3cccc(C(F)(F)F)c3)CC2)cc1.Cl. The molecule has 0 unspecified atom stereocenters. The minimum absolute atomic E-state index is 0. The van der Waals surface area contributed by atoms with E-state index in [-0.39, 0.29) is 30.6 Å². The smallest absolute Gasteiger partial charge is 0.369 e. The Morgan fingerprint density at radius 1 is 1.00 bits per heavy atom. The Labute approximate surface area is 179 Å². The first-order valence-corrected chi connectivity index (χ1v) is 9.28. The van der Waals surface area contributed by atoms with Crippen molar-refractivity contribution in [3.63, 3.8) is 0 Å². The van der Waals surface area contributed by atoms with Crippen LogP contribution in [0.3, 0.4) is 0 Å². The second-order valence-electron chi connectivity index (χ2n) is 6.99. The number of amides is 1. The first kappa shape index (κ1) is 23.7. The van der Waals surface area contributed by atoms with Crippen LogP contribution in [0.15, 0.2) is 48.5 Å². The number of anilines is 2. The molecule has 2 aromatic carbocycles. The van der Waals surface area contributed by atoms with E-state index in [4.69, 9.17) is 0 Å². The Bertz CT molecular complexity index is 880. The number of rotatable bonds is 5. The third kappa shape index (κ3) is 6.21. The van der Waals surface area contributed by atoms with Crippen molar-refractivity contribution in [1.29, 1.82) is 0 Å². The highest BCUT2D eigenvalue weighted by Crippen LogP contribution is 2.31. The lowest BCUT2D eigenvalue weighted by atomic mass is 10.1. The summed E-state index contributed by atoms with van der Waals surface area (Å²) in [4.78, 5) is 27.4. The summed E-state index contributed by atoms with van der Waals surface area (Å²) in [7, 11) is 0. The van der Waals surface area contributed by atoms with Gasteiger partial charge in [0.15, 0.2) is 5.78 Å². The predicted octanol–water partition coefficient (Wildman–Crippen LogP) is 4.09. The summed E-state index contributed by atoms with van der Waals surface area (Å²) in [6.45, 7) is 3.92. The minimum Gasteiger partial charge on any atom is -0.369 e. The summed E-state index contributed by atoms with van der Waals surface area (Å²) in [5.74, 6) is -0.213. The van der Waals surface area contributed by atoms with Crippen molar-refractivity contribution in [1.82, 2.24) is 4.90 Å². The number of hydrogen-bond donors (Lipinski definition) is 1. The van der Waals surface area contributed by atoms with E-state index in [1.54, 1.807) is 30.3 Å². The molecule has 1 fully saturated rings. The number of Topliss-reactive ketones (excluding diaryl/α,β-unsaturated/α-hetero) is 1. The molecule has 1 N–H and O–H groups in total. The average molecular weight is 442 g/mol. The maximum Gasteiger partial charge on any atom is 0.416 e. The fourth-order valence-corrected chi connectivity index (χ4v) is 3.23. The lowest BCUT2D eigenvalue weighted by Gasteiger charge is -2.36. The van der Waals surface area contributed by atoms with Crippen molar-refractivity contribution in [3.05, 3.63) is 59.7 Å². The molecular formula is C21H23ClF3N3O2. The molecule has 0 atom stereocenters. The lowest BCUT2D eigenvalue weighted by Crippen LogP contribution is -2.48. The monoisotopic (exact) mass is 441 g/mol. The molecule has 30 heavy (non-hydrogen) atoms. The van der Waals surface area contributed by atoms with Crippen molar-refractivity contribution < 1.29 is 22.8 Å². The van der Waals surface area contributed by atoms with Crippen molar-refractivity contribution in [3.8, 4) is 0 Å². The molecule has 1 aliphatic rings. The van der Waals surface area contributed by atoms with E-state index in [2.05, 4.69) is 5.32 Å². The maximum atomic E-state index is 12.9. The first-order valence-electron chi connectivity index (χ1n) is 9.28. The molecule has 0 aliphatic carbocycles. The van der Waals surface area contributed by atoms with Gasteiger partial charge in [0.2, 0.25) is 5.91 Å². The Morgan fingerprint density at radius 3 is 2.20 bits per heavy atom. The van der Waals surface area contributed by atoms with Gasteiger partial charge in [-0.3, -0.25) is 14.5 Å². The standard InChI is InChI=1S/C21H22F3N3O2.ClH/c1-15(28)16-5-7-18(8-6-16)25-20(29)14-26-9-11-27(12-10-26)19-4-2-3-17(13-19)21(22,23)24;/h2-8,13H,9-12,14H2,1H3,(H,25,29);1H. The number of nitrogens with zero attached hydrogens (tertiary/aromatic N) is 2. The molecular weight excluding hydrogens is 419 g/mol. The summed E-state index contributed by atoms with van der Waals surface area (Å²) in [5.41, 5.74) is 1.07. The number of ketones is 1. The fraction of sp³-hybridized carbons (Fsp3) is 0.333. The third-order valence-electron chi connectivity index (χ3n) is 4.85. The number of alkyl halides is 3. The Morgan fingerprint density at radius 2 is 1.63 bits per heavy atom. The molecule has 162 valence electrons. The van der Waals surface area contributed by atoms with Crippen LogP contribution >= 0.6 is 12.4 Å². The highest BCUT2D eigenvalue weighted by Gasteiger charge is 2.31. The first-order chi connectivity index (χ1) is 13.7. The van der Waals surface area contributed by atoms with Gasteiger partial charge in [-0.2, -0.15) is 13.2 Å². The summed E-state index contributed by atoms with van der Waals surface area (Å²) < 4.78 is 38.7. The van der Waals surface area contributed by atoms with E-state index in [0.717, 1.165) is 12.1 Å². The number of piperazine rings is 1. The van der Waals surface area contributed by atoms with Gasteiger partial charge in [-0.05, 0) is 49.4 Å². The summed E-state index contributed by atoms with van der Waals surface area (Å²) in [6, 6.07) is 12.0. The van der Waals surface area contributed by atoms with Crippen LogP contribution in [0.2, 0.25) is 0 Å². The second kappa shape index (κ2) is 9.95. The topological polar surface area (TPSA) is 52.7 Å². The van der Waals surface area contributed by atoms with Gasteiger partial charge in [-0.1, -0.05) is 6.07 Å². The molecule has 0 saturated carbocycles. The number of carbonyl (C=O) groups is 2. The van der Waals surface area contributed by atoms with E-state index in [0.29, 0.717) is 43.1 Å². The van der Waals surface area contributed by atoms with Gasteiger partial charge in [0, 0.05) is 43.1 Å². The molecule has 1 heterocycles. The number of halogens is 4. The fourth-order valence-electron chi connectivity index (χ4n) is 3.23. The van der Waals surface area contributed by atoms with Gasteiger partial charge < -0.3 is 10.2 Å². The molecule has 0 spiro atoms. The quantitative estimate of drug-likeness (QED) is 0.710. The molecule has 1 saturated heterocycles. The Hall–Kier alpha value is -2.58. The van der Waals surface area contributed by atoms with Crippen molar-refractivity contribution >= 4 is 35.5 Å². The summed E-state index contributed by atoms with van der Waals surface area (Å²) in [5, 5.41) is 2.79. The van der Waals surface area contributed by atoms with Crippen molar-refractivity contribution in [2.75, 3.05) is 42.9 Å². The van der Waals surface area contributed by atoms with Crippen LogP contribution in [-0.2, 0) is 11.0 Å². The Kier molecular flexibility index (Phi) is 7.86. The van der Waals surface area contributed by atoms with Crippen LogP contribution in [0.5, 0.6) is 0 Å². The second-order valence-corrected chi connectivity index (χ2v) is 6.99. The van der Waals surface area contributed by atoms with E-state index in [9.17, 15) is 22.8 Å². The molecule has 1 amide bonds. The van der Waals surface area contributed by atoms with E-state index < -0.39 is 11.7 Å². The van der Waals surface area contributed by atoms with Gasteiger partial charge in [-0.15, -0.1) is 12.4 Å². The van der Waals surface area contributed by atoms with Gasteiger partial charge >= 0.3 is 6.18 Å². The number of carbonyl (C=O) groups excluding carboxylic acids is 2.